The molecule has 0 saturated heterocycles. The summed E-state index contributed by atoms with van der Waals surface area (Å²) in [7, 11) is 0. The minimum absolute atomic E-state index is 0.583. The van der Waals surface area contributed by atoms with Crippen molar-refractivity contribution in [1.29, 1.82) is 0 Å². The number of halogens is 1. The molecule has 0 spiro atoms. The van der Waals surface area contributed by atoms with E-state index in [0.29, 0.717) is 0 Å². The molecule has 0 saturated carbocycles. The first-order chi connectivity index (χ1) is 8.50. The van der Waals surface area contributed by atoms with E-state index in [1.165, 1.54) is 11.1 Å². The van der Waals surface area contributed by atoms with Crippen molar-refractivity contribution in [2.75, 3.05) is 0 Å². The predicted molar refractivity (Wildman–Crippen MR) is 78.9 cm³/mol. The van der Waals surface area contributed by atoms with Gasteiger partial charge in [0.1, 0.15) is 6.10 Å². The fourth-order valence-electron chi connectivity index (χ4n) is 2.14. The van der Waals surface area contributed by atoms with Crippen LogP contribution in [0.2, 0.25) is 0 Å². The van der Waals surface area contributed by atoms with Gasteiger partial charge in [-0.15, -0.1) is 0 Å². The summed E-state index contributed by atoms with van der Waals surface area (Å²) in [6, 6.07) is 12.0. The van der Waals surface area contributed by atoms with Crippen LogP contribution in [0.5, 0.6) is 0 Å². The van der Waals surface area contributed by atoms with Gasteiger partial charge in [0.05, 0.1) is 0 Å². The van der Waals surface area contributed by atoms with Gasteiger partial charge in [-0.3, -0.25) is 0 Å². The highest BCUT2D eigenvalue weighted by atomic mass is 79.9. The third-order valence-electron chi connectivity index (χ3n) is 3.38. The average molecular weight is 305 g/mol. The van der Waals surface area contributed by atoms with Gasteiger partial charge < -0.3 is 5.11 Å². The SMILES string of the molecule is Cc1cc(C)c(C(O)c2ccccc2Br)cc1C. The molecule has 0 heterocycles. The molecule has 1 atom stereocenters. The topological polar surface area (TPSA) is 20.2 Å². The Balaban J connectivity index is 2.50. The number of benzene rings is 2. The molecular formula is C16H17BrO. The van der Waals surface area contributed by atoms with Gasteiger partial charge in [0.2, 0.25) is 0 Å². The van der Waals surface area contributed by atoms with Crippen molar-refractivity contribution in [3.05, 3.63) is 68.7 Å². The van der Waals surface area contributed by atoms with Gasteiger partial charge in [0.15, 0.2) is 0 Å². The largest absolute Gasteiger partial charge is 0.384 e. The highest BCUT2D eigenvalue weighted by Gasteiger charge is 2.16. The van der Waals surface area contributed by atoms with E-state index < -0.39 is 6.10 Å². The van der Waals surface area contributed by atoms with Crippen molar-refractivity contribution in [3.63, 3.8) is 0 Å². The van der Waals surface area contributed by atoms with Crippen LogP contribution in [0, 0.1) is 20.8 Å². The van der Waals surface area contributed by atoms with Crippen LogP contribution < -0.4 is 0 Å². The molecule has 1 N–H and O–H groups in total. The Morgan fingerprint density at radius 2 is 1.50 bits per heavy atom. The molecule has 0 aromatic heterocycles. The summed E-state index contributed by atoms with van der Waals surface area (Å²) in [6.45, 7) is 6.21. The molecule has 0 aliphatic carbocycles. The fourth-order valence-corrected chi connectivity index (χ4v) is 2.64. The Hall–Kier alpha value is -1.12. The first-order valence-corrected chi connectivity index (χ1v) is 6.80. The summed E-state index contributed by atoms with van der Waals surface area (Å²) in [5, 5.41) is 10.5. The van der Waals surface area contributed by atoms with Crippen LogP contribution in [0.15, 0.2) is 40.9 Å². The number of aliphatic hydroxyl groups is 1. The van der Waals surface area contributed by atoms with Gasteiger partial charge in [-0.2, -0.15) is 0 Å². The van der Waals surface area contributed by atoms with Crippen LogP contribution in [0.1, 0.15) is 33.9 Å². The molecule has 0 amide bonds. The van der Waals surface area contributed by atoms with Gasteiger partial charge in [0, 0.05) is 4.47 Å². The summed E-state index contributed by atoms with van der Waals surface area (Å²) in [5.41, 5.74) is 5.48. The summed E-state index contributed by atoms with van der Waals surface area (Å²) in [4.78, 5) is 0. The lowest BCUT2D eigenvalue weighted by molar-refractivity contribution is 0.218. The second kappa shape index (κ2) is 5.25. The zero-order valence-electron chi connectivity index (χ0n) is 10.9. The summed E-state index contributed by atoms with van der Waals surface area (Å²) >= 11 is 3.49. The molecular weight excluding hydrogens is 288 g/mol. The normalized spacial score (nSPS) is 12.5. The van der Waals surface area contributed by atoms with Gasteiger partial charge in [-0.25, -0.2) is 0 Å². The zero-order chi connectivity index (χ0) is 13.3. The van der Waals surface area contributed by atoms with E-state index in [4.69, 9.17) is 0 Å². The molecule has 2 heteroatoms. The monoisotopic (exact) mass is 304 g/mol. The number of rotatable bonds is 2. The molecule has 1 nitrogen and oxygen atoms in total. The Kier molecular flexibility index (Phi) is 3.88. The Morgan fingerprint density at radius 3 is 2.17 bits per heavy atom. The first-order valence-electron chi connectivity index (χ1n) is 6.01. The number of hydrogen-bond acceptors (Lipinski definition) is 1. The third-order valence-corrected chi connectivity index (χ3v) is 4.10. The van der Waals surface area contributed by atoms with E-state index in [9.17, 15) is 5.11 Å². The lowest BCUT2D eigenvalue weighted by Crippen LogP contribution is -2.04. The second-order valence-corrected chi connectivity index (χ2v) is 5.57. The molecule has 94 valence electrons. The van der Waals surface area contributed by atoms with E-state index in [2.05, 4.69) is 41.9 Å². The van der Waals surface area contributed by atoms with Crippen LogP contribution in [0.4, 0.5) is 0 Å². The van der Waals surface area contributed by atoms with Gasteiger partial charge in [-0.05, 0) is 54.7 Å². The molecule has 0 aliphatic rings. The number of aliphatic hydroxyl groups excluding tert-OH is 1. The molecule has 2 rings (SSSR count). The van der Waals surface area contributed by atoms with E-state index in [1.807, 2.05) is 31.2 Å². The first kappa shape index (κ1) is 13.3. The minimum Gasteiger partial charge on any atom is -0.384 e. The van der Waals surface area contributed by atoms with Crippen LogP contribution in [0.3, 0.4) is 0 Å². The van der Waals surface area contributed by atoms with Crippen molar-refractivity contribution in [2.45, 2.75) is 26.9 Å². The molecule has 0 fully saturated rings. The second-order valence-electron chi connectivity index (χ2n) is 4.72. The van der Waals surface area contributed by atoms with Gasteiger partial charge in [0.25, 0.3) is 0 Å². The maximum absolute atomic E-state index is 10.5. The minimum atomic E-state index is -0.583. The molecule has 0 aliphatic heterocycles. The highest BCUT2D eigenvalue weighted by molar-refractivity contribution is 9.10. The maximum Gasteiger partial charge on any atom is 0.105 e. The Morgan fingerprint density at radius 1 is 0.889 bits per heavy atom. The molecule has 1 unspecified atom stereocenters. The molecule has 0 bridgehead atoms. The fraction of sp³-hybridized carbons (Fsp3) is 0.250. The third kappa shape index (κ3) is 2.50. The molecule has 2 aromatic rings. The van der Waals surface area contributed by atoms with Gasteiger partial charge in [-0.1, -0.05) is 46.3 Å². The van der Waals surface area contributed by atoms with E-state index in [-0.39, 0.29) is 0 Å². The number of hydrogen-bond donors (Lipinski definition) is 1. The highest BCUT2D eigenvalue weighted by Crippen LogP contribution is 2.31. The maximum atomic E-state index is 10.5. The molecule has 18 heavy (non-hydrogen) atoms. The Labute approximate surface area is 117 Å². The van der Waals surface area contributed by atoms with Crippen molar-refractivity contribution in [2.24, 2.45) is 0 Å². The summed E-state index contributed by atoms with van der Waals surface area (Å²) in [5.74, 6) is 0. The average Bonchev–Trinajstić information content (AvgIpc) is 2.33. The van der Waals surface area contributed by atoms with Crippen molar-refractivity contribution < 1.29 is 5.11 Å². The summed E-state index contributed by atoms with van der Waals surface area (Å²) < 4.78 is 0.940. The van der Waals surface area contributed by atoms with Crippen molar-refractivity contribution in [3.8, 4) is 0 Å². The lowest BCUT2D eigenvalue weighted by Gasteiger charge is -2.17. The smallest absolute Gasteiger partial charge is 0.105 e. The van der Waals surface area contributed by atoms with Crippen LogP contribution >= 0.6 is 15.9 Å². The van der Waals surface area contributed by atoms with Crippen molar-refractivity contribution in [1.82, 2.24) is 0 Å². The zero-order valence-corrected chi connectivity index (χ0v) is 12.5. The van der Waals surface area contributed by atoms with Crippen LogP contribution in [-0.4, -0.2) is 5.11 Å². The van der Waals surface area contributed by atoms with Crippen LogP contribution in [-0.2, 0) is 0 Å². The van der Waals surface area contributed by atoms with Crippen LogP contribution in [0.25, 0.3) is 0 Å². The Bertz CT molecular complexity index is 575. The van der Waals surface area contributed by atoms with E-state index in [1.54, 1.807) is 0 Å². The molecule has 2 aromatic carbocycles. The van der Waals surface area contributed by atoms with Crippen molar-refractivity contribution >= 4 is 15.9 Å². The number of aryl methyl sites for hydroxylation is 3. The van der Waals surface area contributed by atoms with E-state index >= 15 is 0 Å². The molecule has 0 radical (unpaired) electrons. The van der Waals surface area contributed by atoms with Gasteiger partial charge >= 0.3 is 0 Å². The van der Waals surface area contributed by atoms with E-state index in [0.717, 1.165) is 21.2 Å². The predicted octanol–water partition coefficient (Wildman–Crippen LogP) is 4.46. The quantitative estimate of drug-likeness (QED) is 0.868. The lowest BCUT2D eigenvalue weighted by atomic mass is 9.94. The standard InChI is InChI=1S/C16H17BrO/c1-10-8-12(3)14(9-11(10)2)16(18)13-6-4-5-7-15(13)17/h4-9,16,18H,1-3H3. The summed E-state index contributed by atoms with van der Waals surface area (Å²) in [6.07, 6.45) is -0.583.